The van der Waals surface area contributed by atoms with Crippen molar-refractivity contribution >= 4 is 29.0 Å². The van der Waals surface area contributed by atoms with Gasteiger partial charge in [-0.3, -0.25) is 4.79 Å². The molecular formula is C12H12ClN5O. The van der Waals surface area contributed by atoms with Crippen molar-refractivity contribution in [3.8, 4) is 6.07 Å². The van der Waals surface area contributed by atoms with Gasteiger partial charge in [0.15, 0.2) is 0 Å². The van der Waals surface area contributed by atoms with Crippen LogP contribution in [0, 0.1) is 17.9 Å². The van der Waals surface area contributed by atoms with Crippen LogP contribution in [-0.4, -0.2) is 24.5 Å². The molecule has 1 aromatic rings. The van der Waals surface area contributed by atoms with Gasteiger partial charge in [0.25, 0.3) is 0 Å². The van der Waals surface area contributed by atoms with Crippen LogP contribution in [0.5, 0.6) is 0 Å². The highest BCUT2D eigenvalue weighted by Crippen LogP contribution is 2.35. The highest BCUT2D eigenvalue weighted by Gasteiger charge is 2.20. The number of aromatic nitrogens is 1. The molecule has 6 nitrogen and oxygen atoms in total. The Morgan fingerprint density at radius 1 is 1.68 bits per heavy atom. The van der Waals surface area contributed by atoms with Gasteiger partial charge in [0, 0.05) is 7.05 Å². The number of anilines is 1. The minimum atomic E-state index is -0.543. The number of nitrogens with zero attached hydrogens (tertiary/aromatic N) is 4. The van der Waals surface area contributed by atoms with Crippen LogP contribution in [0.25, 0.3) is 4.85 Å². The normalized spacial score (nSPS) is 9.53. The van der Waals surface area contributed by atoms with Crippen molar-refractivity contribution < 1.29 is 4.79 Å². The zero-order chi connectivity index (χ0) is 14.6. The summed E-state index contributed by atoms with van der Waals surface area (Å²) in [6, 6.07) is 1.95. The second-order valence-electron chi connectivity index (χ2n) is 3.83. The number of likely N-dealkylation sites (N-methyl/N-ethyl adjacent to an activating group) is 1. The molecule has 0 aliphatic heterocycles. The number of carbonyl (C=O) groups excluding carboxylic acids is 1. The maximum Gasteiger partial charge on any atom is 0.236 e. The van der Waals surface area contributed by atoms with Crippen LogP contribution in [0.3, 0.4) is 0 Å². The number of nitriles is 1. The number of hydrogen-bond acceptors (Lipinski definition) is 4. The van der Waals surface area contributed by atoms with Gasteiger partial charge in [-0.1, -0.05) is 18.5 Å². The lowest BCUT2D eigenvalue weighted by atomic mass is 10.1. The molecule has 1 rings (SSSR count). The van der Waals surface area contributed by atoms with E-state index in [0.29, 0.717) is 12.0 Å². The minimum Gasteiger partial charge on any atom is -0.368 e. The highest BCUT2D eigenvalue weighted by atomic mass is 35.5. The molecule has 1 amide bonds. The predicted octanol–water partition coefficient (Wildman–Crippen LogP) is 1.64. The van der Waals surface area contributed by atoms with Crippen molar-refractivity contribution in [1.82, 2.24) is 4.98 Å². The molecule has 1 aromatic heterocycles. The summed E-state index contributed by atoms with van der Waals surface area (Å²) < 4.78 is 0. The molecule has 1 heterocycles. The lowest BCUT2D eigenvalue weighted by molar-refractivity contribution is -0.116. The third-order valence-corrected chi connectivity index (χ3v) is 2.82. The molecule has 0 spiro atoms. The third-order valence-electron chi connectivity index (χ3n) is 2.54. The average molecular weight is 278 g/mol. The van der Waals surface area contributed by atoms with E-state index in [4.69, 9.17) is 29.2 Å². The molecule has 19 heavy (non-hydrogen) atoms. The van der Waals surface area contributed by atoms with Gasteiger partial charge < -0.3 is 10.6 Å². The molecule has 0 saturated carbocycles. The number of hydrogen-bond donors (Lipinski definition) is 1. The van der Waals surface area contributed by atoms with Crippen molar-refractivity contribution in [1.29, 1.82) is 5.26 Å². The molecule has 0 fully saturated rings. The zero-order valence-electron chi connectivity index (χ0n) is 10.6. The fraction of sp³-hybridized carbons (Fsp3) is 0.333. The minimum absolute atomic E-state index is 0.0260. The lowest BCUT2D eigenvalue weighted by Gasteiger charge is -2.20. The van der Waals surface area contributed by atoms with Gasteiger partial charge in [-0.2, -0.15) is 5.26 Å². The number of primary amides is 1. The summed E-state index contributed by atoms with van der Waals surface area (Å²) in [7, 11) is 1.59. The van der Waals surface area contributed by atoms with Crippen molar-refractivity contribution in [3.05, 3.63) is 27.7 Å². The van der Waals surface area contributed by atoms with Gasteiger partial charge in [-0.15, -0.1) is 0 Å². The van der Waals surface area contributed by atoms with Gasteiger partial charge >= 0.3 is 0 Å². The van der Waals surface area contributed by atoms with E-state index in [9.17, 15) is 4.79 Å². The van der Waals surface area contributed by atoms with E-state index in [0.717, 1.165) is 0 Å². The molecule has 0 saturated heterocycles. The van der Waals surface area contributed by atoms with E-state index in [1.54, 1.807) is 7.05 Å². The van der Waals surface area contributed by atoms with E-state index in [1.165, 1.54) is 4.90 Å². The summed E-state index contributed by atoms with van der Waals surface area (Å²) in [5.74, 6) is -0.284. The summed E-state index contributed by atoms with van der Waals surface area (Å²) in [4.78, 5) is 19.8. The lowest BCUT2D eigenvalue weighted by Crippen LogP contribution is -2.31. The van der Waals surface area contributed by atoms with Crippen LogP contribution in [0.4, 0.5) is 11.5 Å². The van der Waals surface area contributed by atoms with E-state index < -0.39 is 5.91 Å². The Hall–Kier alpha value is -2.31. The first-order valence-corrected chi connectivity index (χ1v) is 5.83. The molecular weight excluding hydrogens is 266 g/mol. The second-order valence-corrected chi connectivity index (χ2v) is 4.19. The average Bonchev–Trinajstić information content (AvgIpc) is 2.36. The van der Waals surface area contributed by atoms with Crippen molar-refractivity contribution in [2.24, 2.45) is 5.73 Å². The number of pyridine rings is 1. The molecule has 0 aliphatic rings. The van der Waals surface area contributed by atoms with E-state index in [-0.39, 0.29) is 28.8 Å². The van der Waals surface area contributed by atoms with E-state index in [1.807, 2.05) is 13.0 Å². The summed E-state index contributed by atoms with van der Waals surface area (Å²) >= 11 is 5.94. The van der Waals surface area contributed by atoms with Gasteiger partial charge in [0.1, 0.15) is 17.0 Å². The largest absolute Gasteiger partial charge is 0.368 e. The fourth-order valence-electron chi connectivity index (χ4n) is 1.73. The summed E-state index contributed by atoms with van der Waals surface area (Å²) in [5, 5.41) is 9.09. The zero-order valence-corrected chi connectivity index (χ0v) is 11.3. The molecule has 0 aliphatic carbocycles. The van der Waals surface area contributed by atoms with Gasteiger partial charge in [-0.05, 0) is 12.0 Å². The van der Waals surface area contributed by atoms with Crippen LogP contribution in [0.1, 0.15) is 18.1 Å². The number of carbonyl (C=O) groups is 1. The molecule has 98 valence electrons. The third kappa shape index (κ3) is 2.93. The van der Waals surface area contributed by atoms with Crippen LogP contribution in [0.2, 0.25) is 5.15 Å². The van der Waals surface area contributed by atoms with Gasteiger partial charge in [0.2, 0.25) is 11.6 Å². The first kappa shape index (κ1) is 14.7. The topological polar surface area (TPSA) is 87.4 Å². The summed E-state index contributed by atoms with van der Waals surface area (Å²) in [5.41, 5.74) is 6.08. The molecule has 0 bridgehead atoms. The number of amides is 1. The standard InChI is InChI=1S/C12H12ClN5O/c1-4-7-8(5-14)11(13)17-12(10(7)16-2)18(3)6-9(15)19/h4,6H2,1,3H3,(H2,15,19). The molecule has 0 unspecified atom stereocenters. The molecule has 0 aromatic carbocycles. The van der Waals surface area contributed by atoms with E-state index in [2.05, 4.69) is 9.83 Å². The Labute approximate surface area is 116 Å². The molecule has 7 heteroatoms. The highest BCUT2D eigenvalue weighted by molar-refractivity contribution is 6.31. The number of halogens is 1. The predicted molar refractivity (Wildman–Crippen MR) is 72.1 cm³/mol. The Morgan fingerprint density at radius 3 is 2.74 bits per heavy atom. The van der Waals surface area contributed by atoms with Crippen LogP contribution in [-0.2, 0) is 11.2 Å². The molecule has 0 radical (unpaired) electrons. The number of rotatable bonds is 4. The van der Waals surface area contributed by atoms with Crippen molar-refractivity contribution in [3.63, 3.8) is 0 Å². The van der Waals surface area contributed by atoms with Crippen molar-refractivity contribution in [2.45, 2.75) is 13.3 Å². The Morgan fingerprint density at radius 2 is 2.32 bits per heavy atom. The first-order valence-electron chi connectivity index (χ1n) is 5.45. The maximum absolute atomic E-state index is 10.9. The molecule has 2 N–H and O–H groups in total. The Bertz CT molecular complexity index is 600. The van der Waals surface area contributed by atoms with Gasteiger partial charge in [-0.25, -0.2) is 9.83 Å². The fourth-order valence-corrected chi connectivity index (χ4v) is 1.97. The number of nitrogens with two attached hydrogens (primary N) is 1. The monoisotopic (exact) mass is 277 g/mol. The van der Waals surface area contributed by atoms with Crippen LogP contribution in [0.15, 0.2) is 0 Å². The maximum atomic E-state index is 10.9. The first-order chi connectivity index (χ1) is 8.96. The Balaban J connectivity index is 3.51. The second kappa shape index (κ2) is 6.03. The molecule has 0 atom stereocenters. The quantitative estimate of drug-likeness (QED) is 0.669. The SMILES string of the molecule is [C-]#[N+]c1c(N(C)CC(N)=O)nc(Cl)c(C#N)c1CC. The van der Waals surface area contributed by atoms with Gasteiger partial charge in [0.05, 0.1) is 18.7 Å². The van der Waals surface area contributed by atoms with Crippen LogP contribution >= 0.6 is 11.6 Å². The summed E-state index contributed by atoms with van der Waals surface area (Å²) in [6.45, 7) is 8.97. The smallest absolute Gasteiger partial charge is 0.236 e. The van der Waals surface area contributed by atoms with Crippen LogP contribution < -0.4 is 10.6 Å². The Kier molecular flexibility index (Phi) is 4.68. The van der Waals surface area contributed by atoms with E-state index >= 15 is 0 Å². The summed E-state index contributed by atoms with van der Waals surface area (Å²) in [6.07, 6.45) is 0.472. The van der Waals surface area contributed by atoms with Crippen molar-refractivity contribution in [2.75, 3.05) is 18.5 Å².